The molecule has 0 aliphatic heterocycles. The van der Waals surface area contributed by atoms with Crippen molar-refractivity contribution in [1.29, 1.82) is 0 Å². The van der Waals surface area contributed by atoms with Crippen molar-refractivity contribution < 1.29 is 31.5 Å². The minimum atomic E-state index is -4.42. The molecule has 2 aliphatic rings. The van der Waals surface area contributed by atoms with Crippen molar-refractivity contribution in [2.45, 2.75) is 88.9 Å². The van der Waals surface area contributed by atoms with Gasteiger partial charge in [0.25, 0.3) is 5.91 Å². The Balaban J connectivity index is 1.46. The van der Waals surface area contributed by atoms with E-state index in [-0.39, 0.29) is 43.2 Å². The molecular weight excluding hydrogens is 549 g/mol. The van der Waals surface area contributed by atoms with Gasteiger partial charge in [-0.15, -0.1) is 0 Å². The fourth-order valence-electron chi connectivity index (χ4n) is 5.69. The number of nitrogens with one attached hydrogen (secondary N) is 1. The lowest BCUT2D eigenvalue weighted by Crippen LogP contribution is -2.30. The number of imidazole rings is 1. The summed E-state index contributed by atoms with van der Waals surface area (Å²) >= 11 is 0. The number of halogens is 5. The van der Waals surface area contributed by atoms with Crippen LogP contribution in [0.15, 0.2) is 24.5 Å². The van der Waals surface area contributed by atoms with E-state index < -0.39 is 48.7 Å². The van der Waals surface area contributed by atoms with Crippen LogP contribution in [0.1, 0.15) is 97.7 Å². The number of aryl methyl sites for hydroxylation is 1. The fraction of sp³-hybridized carbons (Fsp3) is 0.593. The van der Waals surface area contributed by atoms with E-state index in [1.54, 1.807) is 24.5 Å². The lowest BCUT2D eigenvalue weighted by molar-refractivity contribution is -0.144. The molecule has 3 N–H and O–H groups in total. The van der Waals surface area contributed by atoms with Gasteiger partial charge in [-0.3, -0.25) is 14.3 Å². The summed E-state index contributed by atoms with van der Waals surface area (Å²) < 4.78 is 68.9. The molecule has 9 nitrogen and oxygen atoms in total. The van der Waals surface area contributed by atoms with E-state index in [4.69, 9.17) is 10.7 Å². The van der Waals surface area contributed by atoms with Crippen LogP contribution in [0.2, 0.25) is 0 Å². The Hall–Kier alpha value is -3.58. The zero-order valence-electron chi connectivity index (χ0n) is 22.5. The second-order valence-electron chi connectivity index (χ2n) is 11.1. The Morgan fingerprint density at radius 1 is 1.12 bits per heavy atom. The number of hydrogen-bond acceptors (Lipinski definition) is 5. The lowest BCUT2D eigenvalue weighted by Gasteiger charge is -2.32. The van der Waals surface area contributed by atoms with E-state index in [0.29, 0.717) is 29.1 Å². The third-order valence-corrected chi connectivity index (χ3v) is 7.99. The van der Waals surface area contributed by atoms with E-state index in [1.165, 1.54) is 9.20 Å². The first-order chi connectivity index (χ1) is 19.3. The average Bonchev–Trinajstić information content (AvgIpc) is 3.51. The Bertz CT molecular complexity index is 1420. The summed E-state index contributed by atoms with van der Waals surface area (Å²) in [5.41, 5.74) is 7.87. The van der Waals surface area contributed by atoms with Crippen molar-refractivity contribution >= 4 is 17.5 Å². The summed E-state index contributed by atoms with van der Waals surface area (Å²) in [7, 11) is 0. The number of rotatable bonds is 10. The molecular formula is C27H32F5N7O2. The predicted octanol–water partition coefficient (Wildman–Crippen LogP) is 4.91. The highest BCUT2D eigenvalue weighted by atomic mass is 19.4. The van der Waals surface area contributed by atoms with Gasteiger partial charge in [-0.1, -0.05) is 0 Å². The van der Waals surface area contributed by atoms with Crippen LogP contribution in [-0.4, -0.2) is 48.3 Å². The Kier molecular flexibility index (Phi) is 7.77. The summed E-state index contributed by atoms with van der Waals surface area (Å²) in [6.45, 7) is 2.20. The number of amides is 2. The molecule has 3 aromatic rings. The molecule has 2 amide bonds. The van der Waals surface area contributed by atoms with Crippen molar-refractivity contribution in [3.63, 3.8) is 0 Å². The van der Waals surface area contributed by atoms with E-state index in [1.807, 2.05) is 6.92 Å². The first kappa shape index (κ1) is 28.9. The Morgan fingerprint density at radius 3 is 2.41 bits per heavy atom. The van der Waals surface area contributed by atoms with Crippen LogP contribution >= 0.6 is 0 Å². The molecule has 2 aliphatic carbocycles. The number of nitrogens with two attached hydrogens (primary N) is 1. The number of primary amides is 1. The molecule has 0 radical (unpaired) electrons. The maximum absolute atomic E-state index is 14.0. The molecule has 14 heteroatoms. The Labute approximate surface area is 232 Å². The van der Waals surface area contributed by atoms with Gasteiger partial charge < -0.3 is 11.1 Å². The van der Waals surface area contributed by atoms with Crippen molar-refractivity contribution in [2.75, 3.05) is 0 Å². The van der Waals surface area contributed by atoms with Crippen LogP contribution in [0.25, 0.3) is 5.65 Å². The molecule has 2 atom stereocenters. The summed E-state index contributed by atoms with van der Waals surface area (Å²) in [5, 5.41) is 11.8. The zero-order valence-corrected chi connectivity index (χ0v) is 22.5. The maximum Gasteiger partial charge on any atom is 0.389 e. The van der Waals surface area contributed by atoms with E-state index in [9.17, 15) is 31.5 Å². The van der Waals surface area contributed by atoms with Crippen molar-refractivity contribution in [3.8, 4) is 0 Å². The van der Waals surface area contributed by atoms with E-state index in [2.05, 4.69) is 15.5 Å². The SMILES string of the molecule is CCn1nc([C@H](c2cn3ncc([C@H](NC(=O)CCC(F)(F)F)C4CC4)cc3n2)C2CCC(F)(F)CC2)cc1C(N)=O. The van der Waals surface area contributed by atoms with Gasteiger partial charge in [0.05, 0.1) is 36.2 Å². The molecule has 222 valence electrons. The normalized spacial score (nSPS) is 19.3. The molecule has 2 fully saturated rings. The topological polar surface area (TPSA) is 120 Å². The van der Waals surface area contributed by atoms with Crippen LogP contribution in [0.4, 0.5) is 22.0 Å². The standard InChI is InChI=1S/C27H32F5N7O2/c1-2-38-20(25(33)41)12-18(37-38)23(15-5-8-26(28,29)9-6-15)19-14-39-21(35-19)11-17(13-34-39)24(16-3-4-16)36-22(40)7-10-27(30,31)32/h11-16,23-24H,2-10H2,1H3,(H2,33,41)(H,36,40)/t23-,24-/m1/s1. The van der Waals surface area contributed by atoms with Gasteiger partial charge >= 0.3 is 6.18 Å². The molecule has 3 heterocycles. The second kappa shape index (κ2) is 11.0. The summed E-state index contributed by atoms with van der Waals surface area (Å²) in [4.78, 5) is 29.1. The maximum atomic E-state index is 14.0. The zero-order chi connectivity index (χ0) is 29.5. The van der Waals surface area contributed by atoms with E-state index in [0.717, 1.165) is 12.8 Å². The number of alkyl halides is 5. The van der Waals surface area contributed by atoms with Crippen LogP contribution in [-0.2, 0) is 11.3 Å². The van der Waals surface area contributed by atoms with Crippen LogP contribution in [0.5, 0.6) is 0 Å². The molecule has 2 saturated carbocycles. The minimum absolute atomic E-state index is 0.0883. The smallest absolute Gasteiger partial charge is 0.364 e. The molecule has 0 unspecified atom stereocenters. The van der Waals surface area contributed by atoms with Crippen LogP contribution in [0, 0.1) is 11.8 Å². The first-order valence-electron chi connectivity index (χ1n) is 13.8. The molecule has 5 rings (SSSR count). The number of hydrogen-bond donors (Lipinski definition) is 2. The summed E-state index contributed by atoms with van der Waals surface area (Å²) in [6.07, 6.45) is -1.43. The number of carbonyl (C=O) groups excluding carboxylic acids is 2. The van der Waals surface area contributed by atoms with Crippen molar-refractivity contribution in [3.05, 3.63) is 47.2 Å². The quantitative estimate of drug-likeness (QED) is 0.330. The number of carbonyl (C=O) groups is 2. The summed E-state index contributed by atoms with van der Waals surface area (Å²) in [5.74, 6) is -4.70. The number of aromatic nitrogens is 5. The van der Waals surface area contributed by atoms with Gasteiger partial charge in [0.2, 0.25) is 11.8 Å². The summed E-state index contributed by atoms with van der Waals surface area (Å²) in [6, 6.07) is 2.82. The third-order valence-electron chi connectivity index (χ3n) is 7.99. The largest absolute Gasteiger partial charge is 0.389 e. The van der Waals surface area contributed by atoms with Crippen LogP contribution in [0.3, 0.4) is 0 Å². The van der Waals surface area contributed by atoms with E-state index >= 15 is 0 Å². The van der Waals surface area contributed by atoms with Gasteiger partial charge in [0.1, 0.15) is 5.69 Å². The molecule has 0 bridgehead atoms. The van der Waals surface area contributed by atoms with Gasteiger partial charge in [-0.25, -0.2) is 18.3 Å². The van der Waals surface area contributed by atoms with Crippen molar-refractivity contribution in [2.24, 2.45) is 17.6 Å². The average molecular weight is 582 g/mol. The van der Waals surface area contributed by atoms with Gasteiger partial charge in [-0.05, 0) is 62.1 Å². The predicted molar refractivity (Wildman–Crippen MR) is 137 cm³/mol. The molecule has 0 saturated heterocycles. The highest BCUT2D eigenvalue weighted by Crippen LogP contribution is 2.45. The third kappa shape index (κ3) is 6.67. The monoisotopic (exact) mass is 581 g/mol. The fourth-order valence-corrected chi connectivity index (χ4v) is 5.69. The molecule has 3 aromatic heterocycles. The molecule has 41 heavy (non-hydrogen) atoms. The highest BCUT2D eigenvalue weighted by molar-refractivity contribution is 5.91. The molecule has 0 aromatic carbocycles. The van der Waals surface area contributed by atoms with Crippen molar-refractivity contribution in [1.82, 2.24) is 29.7 Å². The first-order valence-corrected chi connectivity index (χ1v) is 13.8. The molecule has 0 spiro atoms. The number of nitrogens with zero attached hydrogens (tertiary/aromatic N) is 5. The van der Waals surface area contributed by atoms with Crippen LogP contribution < -0.4 is 11.1 Å². The van der Waals surface area contributed by atoms with Gasteiger partial charge in [0.15, 0.2) is 5.65 Å². The second-order valence-corrected chi connectivity index (χ2v) is 11.1. The van der Waals surface area contributed by atoms with Gasteiger partial charge in [-0.2, -0.15) is 23.4 Å². The highest BCUT2D eigenvalue weighted by Gasteiger charge is 2.41. The van der Waals surface area contributed by atoms with Gasteiger partial charge in [0, 0.05) is 31.7 Å². The number of fused-ring (bicyclic) bond motifs is 1. The lowest BCUT2D eigenvalue weighted by atomic mass is 9.76. The minimum Gasteiger partial charge on any atom is -0.364 e. The Morgan fingerprint density at radius 2 is 1.83 bits per heavy atom.